The number of rotatable bonds is 6. The molecule has 0 spiro atoms. The summed E-state index contributed by atoms with van der Waals surface area (Å²) in [5.74, 6) is -0.247. The van der Waals surface area contributed by atoms with Crippen molar-refractivity contribution in [1.29, 1.82) is 0 Å². The van der Waals surface area contributed by atoms with E-state index in [1.807, 2.05) is 19.1 Å². The molecular formula is C14H18FN3O. The highest BCUT2D eigenvalue weighted by molar-refractivity contribution is 5.19. The molecule has 1 aromatic carbocycles. The lowest BCUT2D eigenvalue weighted by molar-refractivity contribution is 0.143. The van der Waals surface area contributed by atoms with Crippen molar-refractivity contribution < 1.29 is 9.50 Å². The van der Waals surface area contributed by atoms with Gasteiger partial charge in [0.2, 0.25) is 0 Å². The molecular weight excluding hydrogens is 245 g/mol. The van der Waals surface area contributed by atoms with Gasteiger partial charge in [0.15, 0.2) is 0 Å². The number of nitrogens with zero attached hydrogens (tertiary/aromatic N) is 2. The second-order valence-corrected chi connectivity index (χ2v) is 4.57. The lowest BCUT2D eigenvalue weighted by Crippen LogP contribution is -2.32. The van der Waals surface area contributed by atoms with Crippen LogP contribution in [0.4, 0.5) is 4.39 Å². The average molecular weight is 263 g/mol. The van der Waals surface area contributed by atoms with Gasteiger partial charge in [0.1, 0.15) is 5.82 Å². The van der Waals surface area contributed by atoms with E-state index in [0.29, 0.717) is 13.1 Å². The Morgan fingerprint density at radius 3 is 2.95 bits per heavy atom. The molecule has 4 nitrogen and oxygen atoms in total. The molecule has 0 saturated heterocycles. The van der Waals surface area contributed by atoms with E-state index in [9.17, 15) is 9.50 Å². The predicted octanol–water partition coefficient (Wildman–Crippen LogP) is 1.73. The summed E-state index contributed by atoms with van der Waals surface area (Å²) in [6, 6.07) is 8.27. The van der Waals surface area contributed by atoms with Crippen molar-refractivity contribution in [3.8, 4) is 0 Å². The van der Waals surface area contributed by atoms with Gasteiger partial charge in [-0.3, -0.25) is 4.68 Å². The van der Waals surface area contributed by atoms with Crippen molar-refractivity contribution in [1.82, 2.24) is 15.1 Å². The highest BCUT2D eigenvalue weighted by Gasteiger charge is 2.10. The zero-order chi connectivity index (χ0) is 13.7. The smallest absolute Gasteiger partial charge is 0.123 e. The highest BCUT2D eigenvalue weighted by Crippen LogP contribution is 2.13. The summed E-state index contributed by atoms with van der Waals surface area (Å²) in [7, 11) is 0. The number of aromatic nitrogens is 2. The van der Waals surface area contributed by atoms with E-state index in [0.717, 1.165) is 5.56 Å². The van der Waals surface area contributed by atoms with Gasteiger partial charge in [-0.2, -0.15) is 5.10 Å². The first-order valence-electron chi connectivity index (χ1n) is 6.29. The molecule has 0 aliphatic heterocycles. The fourth-order valence-corrected chi connectivity index (χ4v) is 1.90. The Labute approximate surface area is 111 Å². The summed E-state index contributed by atoms with van der Waals surface area (Å²) in [6.07, 6.45) is 2.95. The van der Waals surface area contributed by atoms with Crippen molar-refractivity contribution in [3.05, 3.63) is 54.1 Å². The van der Waals surface area contributed by atoms with Crippen LogP contribution in [0.3, 0.4) is 0 Å². The summed E-state index contributed by atoms with van der Waals surface area (Å²) in [5, 5.41) is 17.1. The van der Waals surface area contributed by atoms with E-state index in [-0.39, 0.29) is 11.9 Å². The molecule has 2 atom stereocenters. The van der Waals surface area contributed by atoms with Crippen LogP contribution in [0.15, 0.2) is 42.7 Å². The summed E-state index contributed by atoms with van der Waals surface area (Å²) < 4.78 is 14.8. The van der Waals surface area contributed by atoms with Crippen LogP contribution in [-0.4, -0.2) is 27.5 Å². The SMILES string of the molecule is CC(NCC(O)Cn1cccn1)c1cccc(F)c1. The highest BCUT2D eigenvalue weighted by atomic mass is 19.1. The van der Waals surface area contributed by atoms with Crippen LogP contribution in [0, 0.1) is 5.82 Å². The maximum Gasteiger partial charge on any atom is 0.123 e. The molecule has 0 saturated carbocycles. The molecule has 1 heterocycles. The first-order chi connectivity index (χ1) is 9.15. The molecule has 0 aliphatic rings. The lowest BCUT2D eigenvalue weighted by Gasteiger charge is -2.17. The topological polar surface area (TPSA) is 50.1 Å². The third kappa shape index (κ3) is 4.15. The minimum absolute atomic E-state index is 0.0111. The first-order valence-corrected chi connectivity index (χ1v) is 6.29. The Morgan fingerprint density at radius 1 is 1.42 bits per heavy atom. The molecule has 0 aliphatic carbocycles. The third-order valence-corrected chi connectivity index (χ3v) is 2.97. The minimum Gasteiger partial charge on any atom is -0.390 e. The predicted molar refractivity (Wildman–Crippen MR) is 71.1 cm³/mol. The molecule has 5 heteroatoms. The van der Waals surface area contributed by atoms with Gasteiger partial charge in [0.25, 0.3) is 0 Å². The van der Waals surface area contributed by atoms with Gasteiger partial charge >= 0.3 is 0 Å². The molecule has 102 valence electrons. The molecule has 0 fully saturated rings. The van der Waals surface area contributed by atoms with E-state index in [2.05, 4.69) is 10.4 Å². The van der Waals surface area contributed by atoms with Crippen LogP contribution in [0.2, 0.25) is 0 Å². The van der Waals surface area contributed by atoms with Gasteiger partial charge in [-0.05, 0) is 30.7 Å². The third-order valence-electron chi connectivity index (χ3n) is 2.97. The largest absolute Gasteiger partial charge is 0.390 e. The van der Waals surface area contributed by atoms with Crippen molar-refractivity contribution >= 4 is 0 Å². The molecule has 2 unspecified atom stereocenters. The molecule has 0 amide bonds. The molecule has 2 N–H and O–H groups in total. The second kappa shape index (κ2) is 6.45. The number of hydrogen-bond acceptors (Lipinski definition) is 3. The lowest BCUT2D eigenvalue weighted by atomic mass is 10.1. The van der Waals surface area contributed by atoms with Gasteiger partial charge in [-0.15, -0.1) is 0 Å². The number of halogens is 1. The van der Waals surface area contributed by atoms with Crippen molar-refractivity contribution in [2.24, 2.45) is 0 Å². The van der Waals surface area contributed by atoms with E-state index in [4.69, 9.17) is 0 Å². The average Bonchev–Trinajstić information content (AvgIpc) is 2.88. The maximum absolute atomic E-state index is 13.1. The Balaban J connectivity index is 1.81. The van der Waals surface area contributed by atoms with Crippen molar-refractivity contribution in [3.63, 3.8) is 0 Å². The van der Waals surface area contributed by atoms with E-state index in [1.165, 1.54) is 12.1 Å². The van der Waals surface area contributed by atoms with Gasteiger partial charge in [0, 0.05) is 25.0 Å². The second-order valence-electron chi connectivity index (χ2n) is 4.57. The minimum atomic E-state index is -0.532. The molecule has 19 heavy (non-hydrogen) atoms. The van der Waals surface area contributed by atoms with Gasteiger partial charge < -0.3 is 10.4 Å². The van der Waals surface area contributed by atoms with Crippen LogP contribution in [0.25, 0.3) is 0 Å². The first kappa shape index (κ1) is 13.7. The fourth-order valence-electron chi connectivity index (χ4n) is 1.90. The number of benzene rings is 1. The Hall–Kier alpha value is -1.72. The Morgan fingerprint density at radius 2 is 2.26 bits per heavy atom. The summed E-state index contributed by atoms with van der Waals surface area (Å²) in [6.45, 7) is 2.81. The van der Waals surface area contributed by atoms with Gasteiger partial charge in [0.05, 0.1) is 12.6 Å². The van der Waals surface area contributed by atoms with Crippen LogP contribution in [0.1, 0.15) is 18.5 Å². The van der Waals surface area contributed by atoms with Crippen LogP contribution in [-0.2, 0) is 6.54 Å². The van der Waals surface area contributed by atoms with Gasteiger partial charge in [-0.25, -0.2) is 4.39 Å². The fraction of sp³-hybridized carbons (Fsp3) is 0.357. The van der Waals surface area contributed by atoms with Crippen LogP contribution < -0.4 is 5.32 Å². The molecule has 2 rings (SSSR count). The number of hydrogen-bond donors (Lipinski definition) is 2. The molecule has 2 aromatic rings. The number of nitrogens with one attached hydrogen (secondary N) is 1. The number of aliphatic hydroxyl groups is 1. The Kier molecular flexibility index (Phi) is 4.65. The molecule has 1 aromatic heterocycles. The zero-order valence-electron chi connectivity index (χ0n) is 10.8. The zero-order valence-corrected chi connectivity index (χ0v) is 10.8. The van der Waals surface area contributed by atoms with Crippen molar-refractivity contribution in [2.75, 3.05) is 6.54 Å². The Bertz CT molecular complexity index is 501. The maximum atomic E-state index is 13.1. The van der Waals surface area contributed by atoms with E-state index in [1.54, 1.807) is 23.1 Å². The molecule has 0 radical (unpaired) electrons. The quantitative estimate of drug-likeness (QED) is 0.834. The summed E-state index contributed by atoms with van der Waals surface area (Å²) >= 11 is 0. The monoisotopic (exact) mass is 263 g/mol. The summed E-state index contributed by atoms with van der Waals surface area (Å²) in [5.41, 5.74) is 0.867. The number of aliphatic hydroxyl groups excluding tert-OH is 1. The summed E-state index contributed by atoms with van der Waals surface area (Å²) in [4.78, 5) is 0. The van der Waals surface area contributed by atoms with E-state index < -0.39 is 6.10 Å². The van der Waals surface area contributed by atoms with Gasteiger partial charge in [-0.1, -0.05) is 12.1 Å². The molecule has 0 bridgehead atoms. The van der Waals surface area contributed by atoms with Crippen molar-refractivity contribution in [2.45, 2.75) is 25.6 Å². The van der Waals surface area contributed by atoms with Crippen LogP contribution in [0.5, 0.6) is 0 Å². The van der Waals surface area contributed by atoms with Crippen LogP contribution >= 0.6 is 0 Å². The van der Waals surface area contributed by atoms with E-state index >= 15 is 0 Å². The normalized spacial score (nSPS) is 14.3. The standard InChI is InChI=1S/C14H18FN3O/c1-11(12-4-2-5-13(15)8-12)16-9-14(19)10-18-7-3-6-17-18/h2-8,11,14,16,19H,9-10H2,1H3.